The molecule has 2 fully saturated rings. The zero-order valence-electron chi connectivity index (χ0n) is 13.8. The number of carbonyl (C=O) groups is 2. The SMILES string of the molecule is Cc1cccc(C2(C(=O)N3CCC(C(=O)O)CC3)CCCC2)c1. The molecule has 1 aromatic carbocycles. The molecule has 1 heterocycles. The van der Waals surface area contributed by atoms with E-state index in [1.165, 1.54) is 5.56 Å². The maximum Gasteiger partial charge on any atom is 0.306 e. The van der Waals surface area contributed by atoms with Crippen molar-refractivity contribution in [3.05, 3.63) is 35.4 Å². The fourth-order valence-electron chi connectivity index (χ4n) is 4.18. The van der Waals surface area contributed by atoms with Crippen molar-refractivity contribution in [3.8, 4) is 0 Å². The Balaban J connectivity index is 1.82. The number of benzene rings is 1. The summed E-state index contributed by atoms with van der Waals surface area (Å²) in [5.74, 6) is -0.812. The third-order valence-electron chi connectivity index (χ3n) is 5.57. The molecule has 1 saturated heterocycles. The number of piperidine rings is 1. The molecule has 0 bridgehead atoms. The standard InChI is InChI=1S/C19H25NO3/c1-14-5-4-6-16(13-14)19(9-2-3-10-19)18(23)20-11-7-15(8-12-20)17(21)22/h4-6,13,15H,2-3,7-12H2,1H3,(H,21,22). The second-order valence-electron chi connectivity index (χ2n) is 7.06. The van der Waals surface area contributed by atoms with E-state index in [9.17, 15) is 9.59 Å². The van der Waals surface area contributed by atoms with Crippen LogP contribution in [0.4, 0.5) is 0 Å². The molecule has 1 N–H and O–H groups in total. The minimum absolute atomic E-state index is 0.212. The summed E-state index contributed by atoms with van der Waals surface area (Å²) >= 11 is 0. The van der Waals surface area contributed by atoms with Crippen molar-refractivity contribution in [2.24, 2.45) is 5.92 Å². The molecule has 0 unspecified atom stereocenters. The van der Waals surface area contributed by atoms with Crippen LogP contribution in [0.3, 0.4) is 0 Å². The van der Waals surface area contributed by atoms with Crippen molar-refractivity contribution in [2.75, 3.05) is 13.1 Å². The van der Waals surface area contributed by atoms with Gasteiger partial charge in [-0.2, -0.15) is 0 Å². The van der Waals surface area contributed by atoms with Crippen molar-refractivity contribution in [3.63, 3.8) is 0 Å². The first kappa shape index (κ1) is 16.0. The smallest absolute Gasteiger partial charge is 0.306 e. The fourth-order valence-corrected chi connectivity index (χ4v) is 4.18. The Bertz CT molecular complexity index is 596. The molecule has 1 saturated carbocycles. The number of carboxylic acids is 1. The third kappa shape index (κ3) is 2.99. The fraction of sp³-hybridized carbons (Fsp3) is 0.579. The van der Waals surface area contributed by atoms with E-state index in [-0.39, 0.29) is 17.2 Å². The molecule has 2 aliphatic rings. The summed E-state index contributed by atoms with van der Waals surface area (Å²) in [6, 6.07) is 8.33. The molecular weight excluding hydrogens is 290 g/mol. The van der Waals surface area contributed by atoms with Gasteiger partial charge in [0.2, 0.25) is 5.91 Å². The number of rotatable bonds is 3. The molecule has 3 rings (SSSR count). The second-order valence-corrected chi connectivity index (χ2v) is 7.06. The van der Waals surface area contributed by atoms with E-state index < -0.39 is 5.97 Å². The van der Waals surface area contributed by atoms with Gasteiger partial charge in [0.1, 0.15) is 0 Å². The molecule has 124 valence electrons. The minimum Gasteiger partial charge on any atom is -0.481 e. The number of nitrogens with zero attached hydrogens (tertiary/aromatic N) is 1. The van der Waals surface area contributed by atoms with Crippen LogP contribution >= 0.6 is 0 Å². The molecular formula is C19H25NO3. The maximum atomic E-state index is 13.3. The summed E-state index contributed by atoms with van der Waals surface area (Å²) in [4.78, 5) is 26.3. The van der Waals surface area contributed by atoms with E-state index >= 15 is 0 Å². The molecule has 4 heteroatoms. The summed E-state index contributed by atoms with van der Waals surface area (Å²) in [6.45, 7) is 3.21. The van der Waals surface area contributed by atoms with Gasteiger partial charge in [-0.15, -0.1) is 0 Å². The van der Waals surface area contributed by atoms with E-state index in [2.05, 4.69) is 25.1 Å². The Labute approximate surface area is 137 Å². The summed E-state index contributed by atoms with van der Waals surface area (Å²) < 4.78 is 0. The average Bonchev–Trinajstić information content (AvgIpc) is 3.05. The number of hydrogen-bond acceptors (Lipinski definition) is 2. The van der Waals surface area contributed by atoms with Crippen LogP contribution in [0.25, 0.3) is 0 Å². The van der Waals surface area contributed by atoms with Gasteiger partial charge in [-0.3, -0.25) is 9.59 Å². The summed E-state index contributed by atoms with van der Waals surface area (Å²) in [7, 11) is 0. The predicted molar refractivity (Wildman–Crippen MR) is 88.3 cm³/mol. The summed E-state index contributed by atoms with van der Waals surface area (Å²) in [6.07, 6.45) is 5.15. The Morgan fingerprint density at radius 2 is 1.83 bits per heavy atom. The molecule has 0 radical (unpaired) electrons. The zero-order valence-corrected chi connectivity index (χ0v) is 13.8. The van der Waals surface area contributed by atoms with Crippen LogP contribution in [0.15, 0.2) is 24.3 Å². The summed E-state index contributed by atoms with van der Waals surface area (Å²) in [5, 5.41) is 9.13. The molecule has 0 spiro atoms. The monoisotopic (exact) mass is 315 g/mol. The number of hydrogen-bond donors (Lipinski definition) is 1. The van der Waals surface area contributed by atoms with E-state index in [0.29, 0.717) is 25.9 Å². The molecule has 4 nitrogen and oxygen atoms in total. The number of amides is 1. The molecule has 1 aliphatic carbocycles. The normalized spacial score (nSPS) is 21.3. The van der Waals surface area contributed by atoms with Gasteiger partial charge in [-0.25, -0.2) is 0 Å². The van der Waals surface area contributed by atoms with Crippen molar-refractivity contribution >= 4 is 11.9 Å². The molecule has 0 aromatic heterocycles. The Morgan fingerprint density at radius 1 is 1.17 bits per heavy atom. The number of carboxylic acid groups (broad SMARTS) is 1. The van der Waals surface area contributed by atoms with E-state index in [1.54, 1.807) is 0 Å². The lowest BCUT2D eigenvalue weighted by molar-refractivity contribution is -0.147. The van der Waals surface area contributed by atoms with E-state index in [0.717, 1.165) is 31.2 Å². The van der Waals surface area contributed by atoms with Gasteiger partial charge in [0.25, 0.3) is 0 Å². The Hall–Kier alpha value is -1.84. The van der Waals surface area contributed by atoms with E-state index in [4.69, 9.17) is 5.11 Å². The molecule has 23 heavy (non-hydrogen) atoms. The van der Waals surface area contributed by atoms with E-state index in [1.807, 2.05) is 11.0 Å². The predicted octanol–water partition coefficient (Wildman–Crippen LogP) is 3.13. The second kappa shape index (κ2) is 6.34. The number of carbonyl (C=O) groups excluding carboxylic acids is 1. The minimum atomic E-state index is -0.730. The first-order valence-electron chi connectivity index (χ1n) is 8.62. The lowest BCUT2D eigenvalue weighted by atomic mass is 9.76. The van der Waals surface area contributed by atoms with Gasteiger partial charge in [-0.1, -0.05) is 42.7 Å². The number of likely N-dealkylation sites (tertiary alicyclic amines) is 1. The quantitative estimate of drug-likeness (QED) is 0.932. The largest absolute Gasteiger partial charge is 0.481 e. The zero-order chi connectivity index (χ0) is 16.4. The number of aliphatic carboxylic acids is 1. The van der Waals surface area contributed by atoms with Gasteiger partial charge >= 0.3 is 5.97 Å². The van der Waals surface area contributed by atoms with Gasteiger partial charge in [0, 0.05) is 13.1 Å². The van der Waals surface area contributed by atoms with Crippen LogP contribution in [-0.4, -0.2) is 35.0 Å². The highest BCUT2D eigenvalue weighted by Crippen LogP contribution is 2.43. The van der Waals surface area contributed by atoms with Crippen molar-refractivity contribution in [1.82, 2.24) is 4.90 Å². The van der Waals surface area contributed by atoms with Crippen LogP contribution in [0.1, 0.15) is 49.7 Å². The lowest BCUT2D eigenvalue weighted by Gasteiger charge is -2.38. The summed E-state index contributed by atoms with van der Waals surface area (Å²) in [5.41, 5.74) is 1.94. The van der Waals surface area contributed by atoms with Crippen molar-refractivity contribution in [1.29, 1.82) is 0 Å². The number of aryl methyl sites for hydroxylation is 1. The highest BCUT2D eigenvalue weighted by molar-refractivity contribution is 5.89. The molecule has 1 aromatic rings. The average molecular weight is 315 g/mol. The van der Waals surface area contributed by atoms with Gasteiger partial charge in [-0.05, 0) is 38.2 Å². The van der Waals surface area contributed by atoms with Gasteiger partial charge < -0.3 is 10.0 Å². The Morgan fingerprint density at radius 3 is 2.39 bits per heavy atom. The van der Waals surface area contributed by atoms with Crippen LogP contribution in [0.2, 0.25) is 0 Å². The molecule has 1 aliphatic heterocycles. The Kier molecular flexibility index (Phi) is 4.42. The first-order valence-corrected chi connectivity index (χ1v) is 8.62. The third-order valence-corrected chi connectivity index (χ3v) is 5.57. The van der Waals surface area contributed by atoms with Crippen LogP contribution in [-0.2, 0) is 15.0 Å². The van der Waals surface area contributed by atoms with Gasteiger partial charge in [0.05, 0.1) is 11.3 Å². The topological polar surface area (TPSA) is 57.6 Å². The molecule has 0 atom stereocenters. The van der Waals surface area contributed by atoms with Crippen LogP contribution in [0, 0.1) is 12.8 Å². The first-order chi connectivity index (χ1) is 11.0. The van der Waals surface area contributed by atoms with Crippen molar-refractivity contribution in [2.45, 2.75) is 50.9 Å². The van der Waals surface area contributed by atoms with Crippen LogP contribution < -0.4 is 0 Å². The highest BCUT2D eigenvalue weighted by atomic mass is 16.4. The van der Waals surface area contributed by atoms with Crippen molar-refractivity contribution < 1.29 is 14.7 Å². The van der Waals surface area contributed by atoms with Crippen LogP contribution in [0.5, 0.6) is 0 Å². The lowest BCUT2D eigenvalue weighted by Crippen LogP contribution is -2.49. The highest BCUT2D eigenvalue weighted by Gasteiger charge is 2.45. The molecule has 1 amide bonds. The maximum absolute atomic E-state index is 13.3. The van der Waals surface area contributed by atoms with Gasteiger partial charge in [0.15, 0.2) is 0 Å².